The topological polar surface area (TPSA) is 71.1 Å². The van der Waals surface area contributed by atoms with E-state index in [1.54, 1.807) is 24.3 Å². The van der Waals surface area contributed by atoms with Crippen LogP contribution >= 0.6 is 11.6 Å². The molecule has 6 heteroatoms. The van der Waals surface area contributed by atoms with Crippen molar-refractivity contribution >= 4 is 34.8 Å². The molecule has 3 aromatic rings. The van der Waals surface area contributed by atoms with Gasteiger partial charge in [0.2, 0.25) is 0 Å². The number of pyridine rings is 1. The van der Waals surface area contributed by atoms with Crippen molar-refractivity contribution in [2.24, 2.45) is 0 Å². The van der Waals surface area contributed by atoms with Crippen LogP contribution in [-0.2, 0) is 0 Å². The Morgan fingerprint density at radius 2 is 1.70 bits per heavy atom. The van der Waals surface area contributed by atoms with E-state index < -0.39 is 5.91 Å². The van der Waals surface area contributed by atoms with E-state index in [9.17, 15) is 9.59 Å². The molecule has 0 fully saturated rings. The van der Waals surface area contributed by atoms with E-state index in [1.165, 1.54) is 12.3 Å². The van der Waals surface area contributed by atoms with Gasteiger partial charge in [-0.05, 0) is 61.4 Å². The molecular formula is C21H18ClN3O2. The molecule has 0 aliphatic rings. The summed E-state index contributed by atoms with van der Waals surface area (Å²) in [7, 11) is 0. The van der Waals surface area contributed by atoms with Crippen LogP contribution in [-0.4, -0.2) is 16.8 Å². The molecule has 0 atom stereocenters. The van der Waals surface area contributed by atoms with Gasteiger partial charge in [-0.3, -0.25) is 14.6 Å². The number of aromatic nitrogens is 1. The number of hydrogen-bond acceptors (Lipinski definition) is 3. The highest BCUT2D eigenvalue weighted by Crippen LogP contribution is 2.23. The number of nitrogens with one attached hydrogen (secondary N) is 2. The molecule has 1 aromatic heterocycles. The highest BCUT2D eigenvalue weighted by atomic mass is 35.5. The van der Waals surface area contributed by atoms with E-state index in [1.807, 2.05) is 38.1 Å². The summed E-state index contributed by atoms with van der Waals surface area (Å²) < 4.78 is 0. The van der Waals surface area contributed by atoms with Gasteiger partial charge in [-0.1, -0.05) is 29.8 Å². The zero-order chi connectivity index (χ0) is 19.4. The monoisotopic (exact) mass is 379 g/mol. The summed E-state index contributed by atoms with van der Waals surface area (Å²) in [5, 5.41) is 6.15. The predicted octanol–water partition coefficient (Wildman–Crippen LogP) is 4.86. The molecule has 0 radical (unpaired) electrons. The Morgan fingerprint density at radius 1 is 0.926 bits per heavy atom. The molecule has 0 bridgehead atoms. The molecule has 2 aromatic carbocycles. The molecule has 0 aliphatic heterocycles. The van der Waals surface area contributed by atoms with Crippen LogP contribution in [0.1, 0.15) is 32.0 Å². The second-order valence-corrected chi connectivity index (χ2v) is 6.53. The zero-order valence-electron chi connectivity index (χ0n) is 14.9. The second-order valence-electron chi connectivity index (χ2n) is 6.12. The summed E-state index contributed by atoms with van der Waals surface area (Å²) in [6.07, 6.45) is 1.44. The maximum absolute atomic E-state index is 12.5. The van der Waals surface area contributed by atoms with Crippen LogP contribution in [0.2, 0.25) is 5.02 Å². The van der Waals surface area contributed by atoms with Gasteiger partial charge in [0.1, 0.15) is 5.69 Å². The average Bonchev–Trinajstić information content (AvgIpc) is 2.65. The van der Waals surface area contributed by atoms with E-state index in [2.05, 4.69) is 15.6 Å². The summed E-state index contributed by atoms with van der Waals surface area (Å²) in [6, 6.07) is 15.8. The summed E-state index contributed by atoms with van der Waals surface area (Å²) in [4.78, 5) is 29.0. The average molecular weight is 380 g/mol. The summed E-state index contributed by atoms with van der Waals surface area (Å²) in [6.45, 7) is 3.76. The molecule has 0 spiro atoms. The van der Waals surface area contributed by atoms with E-state index in [-0.39, 0.29) is 11.6 Å². The van der Waals surface area contributed by atoms with Crippen molar-refractivity contribution in [2.75, 3.05) is 10.6 Å². The molecule has 136 valence electrons. The summed E-state index contributed by atoms with van der Waals surface area (Å²) >= 11 is 6.08. The van der Waals surface area contributed by atoms with Crippen LogP contribution in [0.15, 0.2) is 60.8 Å². The van der Waals surface area contributed by atoms with Gasteiger partial charge in [-0.25, -0.2) is 0 Å². The number of amides is 2. The lowest BCUT2D eigenvalue weighted by Gasteiger charge is -2.10. The zero-order valence-corrected chi connectivity index (χ0v) is 15.7. The molecule has 0 saturated heterocycles. The highest BCUT2D eigenvalue weighted by molar-refractivity contribution is 6.31. The molecule has 0 unspecified atom stereocenters. The van der Waals surface area contributed by atoms with Crippen molar-refractivity contribution in [3.05, 3.63) is 88.2 Å². The van der Waals surface area contributed by atoms with Crippen molar-refractivity contribution in [1.82, 2.24) is 4.98 Å². The van der Waals surface area contributed by atoms with Crippen molar-refractivity contribution in [3.63, 3.8) is 0 Å². The SMILES string of the molecule is Cc1cccc(NC(=O)c2ccnc(C(=O)Nc3cccc(Cl)c3C)c2)c1. The summed E-state index contributed by atoms with van der Waals surface area (Å²) in [5.41, 5.74) is 3.59. The van der Waals surface area contributed by atoms with Crippen LogP contribution in [0.4, 0.5) is 11.4 Å². The van der Waals surface area contributed by atoms with Crippen molar-refractivity contribution in [1.29, 1.82) is 0 Å². The molecular weight excluding hydrogens is 362 g/mol. The van der Waals surface area contributed by atoms with Gasteiger partial charge in [0, 0.05) is 28.2 Å². The maximum atomic E-state index is 12.5. The van der Waals surface area contributed by atoms with E-state index in [0.717, 1.165) is 11.1 Å². The Morgan fingerprint density at radius 3 is 2.48 bits per heavy atom. The van der Waals surface area contributed by atoms with Crippen molar-refractivity contribution in [3.8, 4) is 0 Å². The van der Waals surface area contributed by atoms with Crippen LogP contribution in [0.25, 0.3) is 0 Å². The molecule has 0 saturated carbocycles. The minimum Gasteiger partial charge on any atom is -0.322 e. The largest absolute Gasteiger partial charge is 0.322 e. The fourth-order valence-corrected chi connectivity index (χ4v) is 2.73. The van der Waals surface area contributed by atoms with Crippen LogP contribution in [0.3, 0.4) is 0 Å². The van der Waals surface area contributed by atoms with Gasteiger partial charge in [-0.15, -0.1) is 0 Å². The first-order valence-corrected chi connectivity index (χ1v) is 8.72. The number of carbonyl (C=O) groups is 2. The second kappa shape index (κ2) is 8.01. The van der Waals surface area contributed by atoms with Gasteiger partial charge in [0.15, 0.2) is 0 Å². The van der Waals surface area contributed by atoms with Gasteiger partial charge in [0.05, 0.1) is 0 Å². The first kappa shape index (κ1) is 18.6. The molecule has 27 heavy (non-hydrogen) atoms. The molecule has 3 rings (SSSR count). The number of hydrogen-bond donors (Lipinski definition) is 2. The molecule has 2 amide bonds. The molecule has 1 heterocycles. The number of carbonyl (C=O) groups excluding carboxylic acids is 2. The third-order valence-corrected chi connectivity index (χ3v) is 4.46. The first-order valence-electron chi connectivity index (χ1n) is 8.34. The Hall–Kier alpha value is -3.18. The Labute approximate surface area is 162 Å². The summed E-state index contributed by atoms with van der Waals surface area (Å²) in [5.74, 6) is -0.721. The van der Waals surface area contributed by atoms with Crippen LogP contribution in [0, 0.1) is 13.8 Å². The number of rotatable bonds is 4. The Balaban J connectivity index is 1.77. The molecule has 0 aliphatic carbocycles. The minimum absolute atomic E-state index is 0.145. The normalized spacial score (nSPS) is 10.3. The number of nitrogens with zero attached hydrogens (tertiary/aromatic N) is 1. The van der Waals surface area contributed by atoms with Gasteiger partial charge >= 0.3 is 0 Å². The minimum atomic E-state index is -0.412. The fourth-order valence-electron chi connectivity index (χ4n) is 2.55. The molecule has 2 N–H and O–H groups in total. The fraction of sp³-hybridized carbons (Fsp3) is 0.0952. The van der Waals surface area contributed by atoms with E-state index in [0.29, 0.717) is 22.0 Å². The van der Waals surface area contributed by atoms with Gasteiger partial charge in [0.25, 0.3) is 11.8 Å². The van der Waals surface area contributed by atoms with Gasteiger partial charge in [-0.2, -0.15) is 0 Å². The lowest BCUT2D eigenvalue weighted by molar-refractivity contribution is 0.102. The van der Waals surface area contributed by atoms with E-state index >= 15 is 0 Å². The van der Waals surface area contributed by atoms with Crippen LogP contribution < -0.4 is 10.6 Å². The predicted molar refractivity (Wildman–Crippen MR) is 108 cm³/mol. The first-order chi connectivity index (χ1) is 12.9. The third-order valence-electron chi connectivity index (χ3n) is 4.05. The quantitative estimate of drug-likeness (QED) is 0.680. The Bertz CT molecular complexity index is 1020. The highest BCUT2D eigenvalue weighted by Gasteiger charge is 2.14. The number of anilines is 2. The third kappa shape index (κ3) is 4.51. The molecule has 5 nitrogen and oxygen atoms in total. The lowest BCUT2D eigenvalue weighted by atomic mass is 10.1. The number of aryl methyl sites for hydroxylation is 1. The van der Waals surface area contributed by atoms with Crippen molar-refractivity contribution < 1.29 is 9.59 Å². The van der Waals surface area contributed by atoms with Crippen molar-refractivity contribution in [2.45, 2.75) is 13.8 Å². The standard InChI is InChI=1S/C21H18ClN3O2/c1-13-5-3-6-16(11-13)24-20(26)15-9-10-23-19(12-15)21(27)25-18-8-4-7-17(22)14(18)2/h3-12H,1-2H3,(H,24,26)(H,25,27). The Kier molecular flexibility index (Phi) is 5.52. The van der Waals surface area contributed by atoms with Crippen LogP contribution in [0.5, 0.6) is 0 Å². The number of benzene rings is 2. The smallest absolute Gasteiger partial charge is 0.274 e. The lowest BCUT2D eigenvalue weighted by Crippen LogP contribution is -2.17. The number of halogens is 1. The van der Waals surface area contributed by atoms with E-state index in [4.69, 9.17) is 11.6 Å². The van der Waals surface area contributed by atoms with Gasteiger partial charge < -0.3 is 10.6 Å². The maximum Gasteiger partial charge on any atom is 0.274 e.